The topological polar surface area (TPSA) is 64.9 Å². The smallest absolute Gasteiger partial charge is 0.175 e. The molecule has 0 bridgehead atoms. The molecule has 134 valence electrons. The molecule has 2 aromatic heterocycles. The van der Waals surface area contributed by atoms with E-state index in [2.05, 4.69) is 20.6 Å². The van der Waals surface area contributed by atoms with Crippen LogP contribution in [0.2, 0.25) is 0 Å². The maximum absolute atomic E-state index is 13.5. The van der Waals surface area contributed by atoms with Crippen molar-refractivity contribution in [3.05, 3.63) is 65.5 Å². The molecule has 0 amide bonds. The van der Waals surface area contributed by atoms with Crippen LogP contribution in [0, 0.1) is 18.6 Å². The van der Waals surface area contributed by atoms with Crippen LogP contribution in [0.25, 0.3) is 5.82 Å². The highest BCUT2D eigenvalue weighted by Gasteiger charge is 2.30. The Hall–Kier alpha value is -2.87. The first-order valence-electron chi connectivity index (χ1n) is 8.29. The summed E-state index contributed by atoms with van der Waals surface area (Å²) in [5.41, 5.74) is 1.49. The summed E-state index contributed by atoms with van der Waals surface area (Å²) in [6.45, 7) is 2.43. The van der Waals surface area contributed by atoms with Crippen LogP contribution in [0.3, 0.4) is 0 Å². The van der Waals surface area contributed by atoms with Gasteiger partial charge in [-0.15, -0.1) is 10.2 Å². The van der Waals surface area contributed by atoms with Crippen molar-refractivity contribution >= 4 is 5.82 Å². The Morgan fingerprint density at radius 3 is 2.69 bits per heavy atom. The van der Waals surface area contributed by atoms with Crippen molar-refractivity contribution in [1.82, 2.24) is 20.0 Å². The highest BCUT2D eigenvalue weighted by Crippen LogP contribution is 2.31. The third-order valence-corrected chi connectivity index (χ3v) is 4.30. The van der Waals surface area contributed by atoms with Gasteiger partial charge in [0.05, 0.1) is 11.7 Å². The second-order valence-corrected chi connectivity index (χ2v) is 6.18. The quantitative estimate of drug-likeness (QED) is 0.777. The van der Waals surface area contributed by atoms with Crippen molar-refractivity contribution in [1.29, 1.82) is 0 Å². The minimum absolute atomic E-state index is 0.105. The number of hydrogen-bond acceptors (Lipinski definition) is 5. The first kappa shape index (κ1) is 16.6. The molecule has 0 radical (unpaired) electrons. The molecule has 26 heavy (non-hydrogen) atoms. The lowest BCUT2D eigenvalue weighted by Crippen LogP contribution is -2.24. The number of rotatable bonds is 4. The van der Waals surface area contributed by atoms with Gasteiger partial charge < -0.3 is 10.1 Å². The van der Waals surface area contributed by atoms with Gasteiger partial charge in [-0.2, -0.15) is 5.10 Å². The molecule has 0 aliphatic carbocycles. The van der Waals surface area contributed by atoms with E-state index in [9.17, 15) is 8.78 Å². The lowest BCUT2D eigenvalue weighted by Gasteiger charge is -2.20. The van der Waals surface area contributed by atoms with Crippen LogP contribution in [0.15, 0.2) is 42.6 Å². The third kappa shape index (κ3) is 3.28. The van der Waals surface area contributed by atoms with Gasteiger partial charge in [0.25, 0.3) is 0 Å². The normalized spacial score (nSPS) is 19.7. The number of anilines is 1. The van der Waals surface area contributed by atoms with Crippen LogP contribution in [-0.2, 0) is 4.74 Å². The zero-order valence-electron chi connectivity index (χ0n) is 14.1. The minimum Gasteiger partial charge on any atom is -0.371 e. The van der Waals surface area contributed by atoms with Crippen molar-refractivity contribution in [3.8, 4) is 5.82 Å². The number of aryl methyl sites for hydroxylation is 1. The summed E-state index contributed by atoms with van der Waals surface area (Å²) < 4.78 is 34.0. The monoisotopic (exact) mass is 357 g/mol. The van der Waals surface area contributed by atoms with Gasteiger partial charge in [-0.3, -0.25) is 0 Å². The van der Waals surface area contributed by atoms with E-state index in [1.165, 1.54) is 12.1 Å². The number of halogens is 2. The Bertz CT molecular complexity index is 912. The van der Waals surface area contributed by atoms with E-state index in [0.717, 1.165) is 18.2 Å². The molecule has 3 aromatic rings. The fraction of sp³-hybridized carbons (Fsp3) is 0.278. The highest BCUT2D eigenvalue weighted by molar-refractivity contribution is 5.39. The molecule has 1 aromatic carbocycles. The van der Waals surface area contributed by atoms with Gasteiger partial charge in [-0.1, -0.05) is 6.07 Å². The Kier molecular flexibility index (Phi) is 4.34. The van der Waals surface area contributed by atoms with E-state index in [-0.39, 0.29) is 12.1 Å². The van der Waals surface area contributed by atoms with Gasteiger partial charge in [-0.05, 0) is 49.2 Å². The first-order valence-corrected chi connectivity index (χ1v) is 8.29. The van der Waals surface area contributed by atoms with E-state index in [0.29, 0.717) is 23.8 Å². The second-order valence-electron chi connectivity index (χ2n) is 6.18. The molecule has 6 nitrogen and oxygen atoms in total. The maximum Gasteiger partial charge on any atom is 0.175 e. The van der Waals surface area contributed by atoms with Crippen molar-refractivity contribution in [2.24, 2.45) is 0 Å². The molecule has 1 fully saturated rings. The summed E-state index contributed by atoms with van der Waals surface area (Å²) in [6, 6.07) is 9.23. The summed E-state index contributed by atoms with van der Waals surface area (Å²) in [5.74, 6) is -0.550. The number of aromatic nitrogens is 4. The van der Waals surface area contributed by atoms with E-state index in [1.807, 2.05) is 25.3 Å². The standard InChI is InChI=1S/C18H17F2N5O/c1-11-6-8-25(24-11)17-5-4-16(22-23-17)21-15-7-9-26-18(15)12-2-3-13(19)14(20)10-12/h2-6,8,10,15,18H,7,9H2,1H3,(H,21,22). The van der Waals surface area contributed by atoms with Crippen LogP contribution in [0.1, 0.15) is 23.8 Å². The summed E-state index contributed by atoms with van der Waals surface area (Å²) >= 11 is 0. The molecule has 1 aliphatic heterocycles. The molecule has 1 aliphatic rings. The van der Waals surface area contributed by atoms with Crippen LogP contribution in [0.5, 0.6) is 0 Å². The Labute approximate surface area is 148 Å². The lowest BCUT2D eigenvalue weighted by atomic mass is 10.0. The lowest BCUT2D eigenvalue weighted by molar-refractivity contribution is 0.107. The Balaban J connectivity index is 1.49. The fourth-order valence-electron chi connectivity index (χ4n) is 3.01. The summed E-state index contributed by atoms with van der Waals surface area (Å²) in [6.07, 6.45) is 2.17. The summed E-state index contributed by atoms with van der Waals surface area (Å²) in [4.78, 5) is 0. The number of nitrogens with zero attached hydrogens (tertiary/aromatic N) is 4. The third-order valence-electron chi connectivity index (χ3n) is 4.30. The fourth-order valence-corrected chi connectivity index (χ4v) is 3.01. The SMILES string of the molecule is Cc1ccn(-c2ccc(NC3CCOC3c3ccc(F)c(F)c3)nn2)n1. The average molecular weight is 357 g/mol. The van der Waals surface area contributed by atoms with E-state index in [4.69, 9.17) is 4.74 Å². The van der Waals surface area contributed by atoms with Crippen molar-refractivity contribution < 1.29 is 13.5 Å². The highest BCUT2D eigenvalue weighted by atomic mass is 19.2. The largest absolute Gasteiger partial charge is 0.371 e. The minimum atomic E-state index is -0.879. The van der Waals surface area contributed by atoms with Crippen LogP contribution in [0.4, 0.5) is 14.6 Å². The molecule has 0 saturated carbocycles. The number of benzene rings is 1. The van der Waals surface area contributed by atoms with Gasteiger partial charge in [0.1, 0.15) is 11.9 Å². The molecular weight excluding hydrogens is 340 g/mol. The first-order chi connectivity index (χ1) is 12.6. The molecule has 2 atom stereocenters. The Morgan fingerprint density at radius 2 is 2.00 bits per heavy atom. The zero-order chi connectivity index (χ0) is 18.1. The summed E-state index contributed by atoms with van der Waals surface area (Å²) in [7, 11) is 0. The van der Waals surface area contributed by atoms with E-state index < -0.39 is 11.6 Å². The van der Waals surface area contributed by atoms with Crippen LogP contribution >= 0.6 is 0 Å². The molecule has 4 rings (SSSR count). The number of hydrogen-bond donors (Lipinski definition) is 1. The number of nitrogens with one attached hydrogen (secondary N) is 1. The molecular formula is C18H17F2N5O. The van der Waals surface area contributed by atoms with Gasteiger partial charge in [0.15, 0.2) is 17.5 Å². The van der Waals surface area contributed by atoms with Gasteiger partial charge in [0, 0.05) is 12.8 Å². The van der Waals surface area contributed by atoms with Gasteiger partial charge in [-0.25, -0.2) is 13.5 Å². The molecule has 1 saturated heterocycles. The average Bonchev–Trinajstić information content (AvgIpc) is 3.27. The molecule has 0 spiro atoms. The predicted molar refractivity (Wildman–Crippen MR) is 91.0 cm³/mol. The molecule has 1 N–H and O–H groups in total. The molecule has 8 heteroatoms. The van der Waals surface area contributed by atoms with Crippen LogP contribution < -0.4 is 5.32 Å². The van der Waals surface area contributed by atoms with Crippen molar-refractivity contribution in [3.63, 3.8) is 0 Å². The summed E-state index contributed by atoms with van der Waals surface area (Å²) in [5, 5.41) is 15.9. The van der Waals surface area contributed by atoms with Crippen molar-refractivity contribution in [2.75, 3.05) is 11.9 Å². The molecule has 3 heterocycles. The second kappa shape index (κ2) is 6.80. The Morgan fingerprint density at radius 1 is 1.12 bits per heavy atom. The van der Waals surface area contributed by atoms with Gasteiger partial charge >= 0.3 is 0 Å². The van der Waals surface area contributed by atoms with Crippen molar-refractivity contribution in [2.45, 2.75) is 25.5 Å². The zero-order valence-corrected chi connectivity index (χ0v) is 14.1. The number of ether oxygens (including phenoxy) is 1. The predicted octanol–water partition coefficient (Wildman–Crippen LogP) is 3.19. The van der Waals surface area contributed by atoms with E-state index >= 15 is 0 Å². The van der Waals surface area contributed by atoms with Gasteiger partial charge in [0.2, 0.25) is 0 Å². The maximum atomic E-state index is 13.5. The molecule has 2 unspecified atom stereocenters. The van der Waals surface area contributed by atoms with E-state index in [1.54, 1.807) is 10.7 Å². The van der Waals surface area contributed by atoms with Crippen LogP contribution in [-0.4, -0.2) is 32.6 Å².